The van der Waals surface area contributed by atoms with E-state index < -0.39 is 31.7 Å². The van der Waals surface area contributed by atoms with Gasteiger partial charge < -0.3 is 0 Å². The van der Waals surface area contributed by atoms with Gasteiger partial charge in [0.15, 0.2) is 0 Å². The van der Waals surface area contributed by atoms with Gasteiger partial charge in [0.25, 0.3) is 0 Å². The summed E-state index contributed by atoms with van der Waals surface area (Å²) in [6.07, 6.45) is 2.17. The van der Waals surface area contributed by atoms with Gasteiger partial charge in [0.1, 0.15) is 0 Å². The molecular formula is C58H58P4S2. The van der Waals surface area contributed by atoms with Crippen molar-refractivity contribution in [2.24, 2.45) is 10.8 Å². The SMILES string of the molecule is CC(C)(CP(c1ccccc1)c1ccccc1)C(SSC(P(c1ccccc1)c1ccccc1)C(C)(C)CP(c1ccccc1)c1ccccc1)P(c1ccccc1)c1ccccc1. The lowest BCUT2D eigenvalue weighted by Crippen LogP contribution is -2.38. The average molecular weight is 943 g/mol. The molecule has 2 atom stereocenters. The van der Waals surface area contributed by atoms with Crippen molar-refractivity contribution >= 4 is 95.7 Å². The van der Waals surface area contributed by atoms with Gasteiger partial charge in [0.2, 0.25) is 0 Å². The summed E-state index contributed by atoms with van der Waals surface area (Å²) in [4.78, 5) is 0.586. The maximum atomic E-state index is 2.59. The molecule has 0 heterocycles. The maximum absolute atomic E-state index is 2.59. The first-order valence-electron chi connectivity index (χ1n) is 22.1. The Kier molecular flexibility index (Phi) is 16.5. The molecule has 2 unspecified atom stereocenters. The molecule has 0 aromatic heterocycles. The molecule has 0 radical (unpaired) electrons. The van der Waals surface area contributed by atoms with Gasteiger partial charge in [-0.3, -0.25) is 0 Å². The quantitative estimate of drug-likeness (QED) is 0.0585. The Hall–Kier alpha value is -3.82. The largest absolute Gasteiger partial charge is 0.0841 e. The van der Waals surface area contributed by atoms with Gasteiger partial charge in [-0.25, -0.2) is 0 Å². The normalized spacial score (nSPS) is 13.1. The smallest absolute Gasteiger partial charge is 0.0487 e. The van der Waals surface area contributed by atoms with Crippen LogP contribution in [0.3, 0.4) is 0 Å². The van der Waals surface area contributed by atoms with Crippen molar-refractivity contribution in [2.45, 2.75) is 37.7 Å². The Morgan fingerprint density at radius 3 is 0.641 bits per heavy atom. The Balaban J connectivity index is 1.28. The summed E-state index contributed by atoms with van der Waals surface area (Å²) in [5.41, 5.74) is -0.131. The summed E-state index contributed by atoms with van der Waals surface area (Å²) in [5.74, 6) is 0. The van der Waals surface area contributed by atoms with E-state index in [-0.39, 0.29) is 10.8 Å². The van der Waals surface area contributed by atoms with E-state index in [9.17, 15) is 0 Å². The first kappa shape index (κ1) is 46.7. The highest BCUT2D eigenvalue weighted by molar-refractivity contribution is 8.79. The van der Waals surface area contributed by atoms with Crippen LogP contribution in [-0.4, -0.2) is 22.3 Å². The van der Waals surface area contributed by atoms with Crippen molar-refractivity contribution in [3.8, 4) is 0 Å². The minimum absolute atomic E-state index is 0.0654. The Morgan fingerprint density at radius 1 is 0.281 bits per heavy atom. The fraction of sp³-hybridized carbons (Fsp3) is 0.172. The van der Waals surface area contributed by atoms with E-state index in [1.54, 1.807) is 0 Å². The van der Waals surface area contributed by atoms with Gasteiger partial charge in [-0.05, 0) is 97.3 Å². The van der Waals surface area contributed by atoms with Gasteiger partial charge >= 0.3 is 0 Å². The second-order valence-corrected chi connectivity index (χ2v) is 29.6. The van der Waals surface area contributed by atoms with Gasteiger partial charge in [0.05, 0.1) is 0 Å². The summed E-state index contributed by atoms with van der Waals surface area (Å²) in [6, 6.07) is 91.3. The third-order valence-electron chi connectivity index (χ3n) is 11.6. The topological polar surface area (TPSA) is 0 Å². The number of hydrogen-bond acceptors (Lipinski definition) is 2. The summed E-state index contributed by atoms with van der Waals surface area (Å²) in [7, 11) is 1.57. The van der Waals surface area contributed by atoms with E-state index in [1.165, 1.54) is 42.4 Å². The number of rotatable bonds is 19. The van der Waals surface area contributed by atoms with Gasteiger partial charge in [-0.15, -0.1) is 0 Å². The molecule has 8 aromatic carbocycles. The van der Waals surface area contributed by atoms with E-state index in [0.29, 0.717) is 9.98 Å². The molecule has 0 spiro atoms. The van der Waals surface area contributed by atoms with E-state index in [4.69, 9.17) is 0 Å². The predicted octanol–water partition coefficient (Wildman–Crippen LogP) is 13.6. The summed E-state index contributed by atoms with van der Waals surface area (Å²) in [5, 5.41) is 11.6. The third-order valence-corrected chi connectivity index (χ3v) is 29.3. The first-order valence-corrected chi connectivity index (χ1v) is 30.3. The van der Waals surface area contributed by atoms with Crippen molar-refractivity contribution < 1.29 is 0 Å². The molecule has 0 aliphatic rings. The van der Waals surface area contributed by atoms with Crippen LogP contribution in [0.1, 0.15) is 27.7 Å². The van der Waals surface area contributed by atoms with E-state index >= 15 is 0 Å². The second kappa shape index (κ2) is 22.6. The van der Waals surface area contributed by atoms with E-state index in [0.717, 1.165) is 12.3 Å². The molecule has 0 fully saturated rings. The summed E-state index contributed by atoms with van der Waals surface area (Å²) < 4.78 is 0. The molecule has 0 nitrogen and oxygen atoms in total. The molecule has 64 heavy (non-hydrogen) atoms. The number of benzene rings is 8. The van der Waals surface area contributed by atoms with Crippen molar-refractivity contribution in [1.29, 1.82) is 0 Å². The fourth-order valence-electron chi connectivity index (χ4n) is 8.41. The van der Waals surface area contributed by atoms with Crippen LogP contribution in [-0.2, 0) is 0 Å². The standard InChI is InChI=1S/C58H58P4S2/c1-57(2,45-59(47-29-13-5-14-30-47)48-31-15-6-16-32-48)55(61(51-37-21-9-22-38-51)52-39-23-10-24-40-52)63-64-56(62(53-41-25-11-26-42-53)54-43-27-12-28-44-54)58(3,4)46-60(49-33-17-7-18-34-49)50-35-19-8-20-36-50/h5-44,55-56H,45-46H2,1-4H3. The average Bonchev–Trinajstić information content (AvgIpc) is 3.35. The lowest BCUT2D eigenvalue weighted by atomic mass is 9.99. The van der Waals surface area contributed by atoms with E-state index in [2.05, 4.69) is 292 Å². The van der Waals surface area contributed by atoms with Crippen molar-refractivity contribution in [3.63, 3.8) is 0 Å². The molecule has 0 N–H and O–H groups in total. The van der Waals surface area contributed by atoms with Crippen LogP contribution in [0.5, 0.6) is 0 Å². The molecule has 0 saturated carbocycles. The summed E-state index contributed by atoms with van der Waals surface area (Å²) in [6.45, 7) is 10.4. The zero-order chi connectivity index (χ0) is 44.2. The van der Waals surface area contributed by atoms with Crippen LogP contribution < -0.4 is 42.4 Å². The van der Waals surface area contributed by atoms with Crippen molar-refractivity contribution in [3.05, 3.63) is 243 Å². The summed E-state index contributed by atoms with van der Waals surface area (Å²) >= 11 is 0. The molecular weight excluding hydrogens is 885 g/mol. The molecule has 322 valence electrons. The highest BCUT2D eigenvalue weighted by Crippen LogP contribution is 2.65. The Labute approximate surface area is 396 Å². The zero-order valence-corrected chi connectivity index (χ0v) is 42.5. The van der Waals surface area contributed by atoms with Crippen LogP contribution in [0.15, 0.2) is 243 Å². The van der Waals surface area contributed by atoms with Crippen LogP contribution in [0.2, 0.25) is 0 Å². The highest BCUT2D eigenvalue weighted by atomic mass is 33.1. The van der Waals surface area contributed by atoms with Crippen LogP contribution in [0, 0.1) is 10.8 Å². The fourth-order valence-corrected chi connectivity index (χ4v) is 27.3. The Bertz CT molecular complexity index is 2220. The minimum atomic E-state index is -0.790. The number of hydrogen-bond donors (Lipinski definition) is 0. The third kappa shape index (κ3) is 11.8. The van der Waals surface area contributed by atoms with Crippen molar-refractivity contribution in [2.75, 3.05) is 12.3 Å². The molecule has 6 heteroatoms. The molecule has 8 rings (SSSR count). The molecule has 0 bridgehead atoms. The molecule has 0 aliphatic heterocycles. The monoisotopic (exact) mass is 942 g/mol. The second-order valence-electron chi connectivity index (χ2n) is 17.5. The van der Waals surface area contributed by atoms with Gasteiger partial charge in [-0.1, -0.05) is 292 Å². The van der Waals surface area contributed by atoms with Gasteiger partial charge in [-0.2, -0.15) is 0 Å². The molecule has 0 saturated heterocycles. The highest BCUT2D eigenvalue weighted by Gasteiger charge is 2.45. The van der Waals surface area contributed by atoms with Crippen LogP contribution in [0.4, 0.5) is 0 Å². The van der Waals surface area contributed by atoms with E-state index in [1.807, 2.05) is 0 Å². The predicted molar refractivity (Wildman–Crippen MR) is 296 cm³/mol. The lowest BCUT2D eigenvalue weighted by Gasteiger charge is -2.45. The lowest BCUT2D eigenvalue weighted by molar-refractivity contribution is 0.464. The zero-order valence-electron chi connectivity index (χ0n) is 37.3. The van der Waals surface area contributed by atoms with Gasteiger partial charge in [0, 0.05) is 9.98 Å². The first-order chi connectivity index (χ1) is 31.3. The molecule has 8 aromatic rings. The van der Waals surface area contributed by atoms with Crippen LogP contribution in [0.25, 0.3) is 0 Å². The minimum Gasteiger partial charge on any atom is -0.0841 e. The maximum Gasteiger partial charge on any atom is 0.0487 e. The Morgan fingerprint density at radius 2 is 0.453 bits per heavy atom. The van der Waals surface area contributed by atoms with Crippen molar-refractivity contribution in [1.82, 2.24) is 0 Å². The van der Waals surface area contributed by atoms with Crippen LogP contribution >= 0.6 is 53.3 Å². The molecule has 0 aliphatic carbocycles. The molecule has 0 amide bonds.